The number of nitrogens with one attached hydrogen (secondary N) is 1. The highest BCUT2D eigenvalue weighted by atomic mass is 32.1. The first kappa shape index (κ1) is 7.72. The molecule has 1 aliphatic carbocycles. The lowest BCUT2D eigenvalue weighted by molar-refractivity contribution is 0.188. The molecule has 58 valence electrons. The lowest BCUT2D eigenvalue weighted by Gasteiger charge is -2.21. The number of rotatable bonds is 1. The summed E-state index contributed by atoms with van der Waals surface area (Å²) < 4.78 is 0. The van der Waals surface area contributed by atoms with Crippen molar-refractivity contribution in [1.82, 2.24) is 5.32 Å². The molecule has 1 fully saturated rings. The Morgan fingerprint density at radius 2 is 2.00 bits per heavy atom. The van der Waals surface area contributed by atoms with Crippen LogP contribution in [0.2, 0.25) is 0 Å². The summed E-state index contributed by atoms with van der Waals surface area (Å²) in [5.74, 6) is 0. The zero-order chi connectivity index (χ0) is 7.61. The molecule has 3 nitrogen and oxygen atoms in total. The smallest absolute Gasteiger partial charge is 0.405 e. The van der Waals surface area contributed by atoms with E-state index in [1.54, 1.807) is 0 Å². The number of hydrogen-bond donors (Lipinski definition) is 3. The Balaban J connectivity index is 2.43. The Morgan fingerprint density at radius 1 is 1.50 bits per heavy atom. The van der Waals surface area contributed by atoms with Gasteiger partial charge in [0.2, 0.25) is 0 Å². The van der Waals surface area contributed by atoms with Crippen LogP contribution in [-0.4, -0.2) is 16.1 Å². The van der Waals surface area contributed by atoms with Gasteiger partial charge in [0.15, 0.2) is 0 Å². The molecule has 0 heterocycles. The number of thiol groups is 1. The van der Waals surface area contributed by atoms with Gasteiger partial charge in [-0.15, -0.1) is 0 Å². The molecule has 0 aromatic carbocycles. The second kappa shape index (κ2) is 2.70. The molecule has 1 saturated carbocycles. The SMILES string of the molecule is O=C(O)NC1(S)CCCC1. The third-order valence-electron chi connectivity index (χ3n) is 1.77. The van der Waals surface area contributed by atoms with E-state index in [4.69, 9.17) is 5.11 Å². The van der Waals surface area contributed by atoms with Crippen LogP contribution in [0.4, 0.5) is 4.79 Å². The minimum atomic E-state index is -0.975. The Labute approximate surface area is 65.2 Å². The van der Waals surface area contributed by atoms with Crippen molar-refractivity contribution in [2.24, 2.45) is 0 Å². The van der Waals surface area contributed by atoms with Crippen LogP contribution in [0.3, 0.4) is 0 Å². The normalized spacial score (nSPS) is 22.5. The Bertz CT molecular complexity index is 143. The van der Waals surface area contributed by atoms with Gasteiger partial charge in [-0.05, 0) is 12.8 Å². The molecule has 0 aromatic heterocycles. The number of carbonyl (C=O) groups is 1. The van der Waals surface area contributed by atoms with Gasteiger partial charge in [0.1, 0.15) is 0 Å². The average Bonchev–Trinajstić information content (AvgIpc) is 2.12. The van der Waals surface area contributed by atoms with E-state index in [1.165, 1.54) is 0 Å². The van der Waals surface area contributed by atoms with E-state index >= 15 is 0 Å². The number of amides is 1. The third kappa shape index (κ3) is 1.80. The lowest BCUT2D eigenvalue weighted by atomic mass is 10.2. The topological polar surface area (TPSA) is 49.3 Å². The van der Waals surface area contributed by atoms with Gasteiger partial charge in [-0.3, -0.25) is 0 Å². The van der Waals surface area contributed by atoms with Crippen LogP contribution >= 0.6 is 12.6 Å². The fourth-order valence-corrected chi connectivity index (χ4v) is 1.70. The van der Waals surface area contributed by atoms with Crippen molar-refractivity contribution in [3.05, 3.63) is 0 Å². The Hall–Kier alpha value is -0.380. The van der Waals surface area contributed by atoms with Crippen molar-refractivity contribution in [3.63, 3.8) is 0 Å². The second-order valence-electron chi connectivity index (χ2n) is 2.67. The molecule has 0 bridgehead atoms. The third-order valence-corrected chi connectivity index (χ3v) is 2.33. The monoisotopic (exact) mass is 161 g/mol. The predicted octanol–water partition coefficient (Wildman–Crippen LogP) is 1.45. The van der Waals surface area contributed by atoms with Crippen LogP contribution in [0.1, 0.15) is 25.7 Å². The first-order valence-corrected chi connectivity index (χ1v) is 3.81. The molecule has 0 aromatic rings. The van der Waals surface area contributed by atoms with Crippen molar-refractivity contribution in [1.29, 1.82) is 0 Å². The maximum absolute atomic E-state index is 10.2. The van der Waals surface area contributed by atoms with Crippen LogP contribution < -0.4 is 5.32 Å². The summed E-state index contributed by atoms with van der Waals surface area (Å²) in [6.07, 6.45) is 2.87. The van der Waals surface area contributed by atoms with E-state index in [1.807, 2.05) is 0 Å². The number of hydrogen-bond acceptors (Lipinski definition) is 2. The van der Waals surface area contributed by atoms with Crippen LogP contribution in [0.25, 0.3) is 0 Å². The molecule has 0 atom stereocenters. The second-order valence-corrected chi connectivity index (χ2v) is 3.52. The van der Waals surface area contributed by atoms with Gasteiger partial charge in [-0.1, -0.05) is 12.8 Å². The van der Waals surface area contributed by atoms with Gasteiger partial charge in [-0.25, -0.2) is 4.79 Å². The molecule has 0 aliphatic heterocycles. The van der Waals surface area contributed by atoms with Gasteiger partial charge in [0.05, 0.1) is 4.87 Å². The summed E-state index contributed by atoms with van der Waals surface area (Å²) in [6, 6.07) is 0. The van der Waals surface area contributed by atoms with E-state index in [2.05, 4.69) is 17.9 Å². The van der Waals surface area contributed by atoms with Crippen molar-refractivity contribution in [3.8, 4) is 0 Å². The predicted molar refractivity (Wildman–Crippen MR) is 41.3 cm³/mol. The Morgan fingerprint density at radius 3 is 2.40 bits per heavy atom. The highest BCUT2D eigenvalue weighted by Crippen LogP contribution is 2.32. The first-order chi connectivity index (χ1) is 4.62. The molecule has 0 unspecified atom stereocenters. The van der Waals surface area contributed by atoms with E-state index < -0.39 is 11.0 Å². The van der Waals surface area contributed by atoms with Crippen LogP contribution in [-0.2, 0) is 0 Å². The zero-order valence-electron chi connectivity index (χ0n) is 5.63. The van der Waals surface area contributed by atoms with Gasteiger partial charge < -0.3 is 10.4 Å². The summed E-state index contributed by atoms with van der Waals surface area (Å²) in [6.45, 7) is 0. The van der Waals surface area contributed by atoms with Crippen molar-refractivity contribution in [2.45, 2.75) is 30.6 Å². The summed E-state index contributed by atoms with van der Waals surface area (Å²) >= 11 is 4.23. The standard InChI is InChI=1S/C6H11NO2S/c8-5(9)7-6(10)3-1-2-4-6/h7,10H,1-4H2,(H,8,9). The fourth-order valence-electron chi connectivity index (χ4n) is 1.28. The average molecular weight is 161 g/mol. The summed E-state index contributed by atoms with van der Waals surface area (Å²) in [4.78, 5) is 9.76. The molecule has 0 saturated heterocycles. The van der Waals surface area contributed by atoms with Crippen molar-refractivity contribution >= 4 is 18.7 Å². The molecular formula is C6H11NO2S. The Kier molecular flexibility index (Phi) is 2.08. The first-order valence-electron chi connectivity index (χ1n) is 3.36. The summed E-state index contributed by atoms with van der Waals surface area (Å²) in [5.41, 5.74) is 0. The van der Waals surface area contributed by atoms with Crippen molar-refractivity contribution in [2.75, 3.05) is 0 Å². The van der Waals surface area contributed by atoms with Gasteiger partial charge >= 0.3 is 6.09 Å². The highest BCUT2D eigenvalue weighted by molar-refractivity contribution is 7.81. The summed E-state index contributed by atoms with van der Waals surface area (Å²) in [7, 11) is 0. The quantitative estimate of drug-likeness (QED) is 0.403. The van der Waals surface area contributed by atoms with Gasteiger partial charge in [0.25, 0.3) is 0 Å². The van der Waals surface area contributed by atoms with Gasteiger partial charge in [-0.2, -0.15) is 12.6 Å². The molecule has 1 aliphatic rings. The largest absolute Gasteiger partial charge is 0.465 e. The van der Waals surface area contributed by atoms with Crippen LogP contribution in [0.15, 0.2) is 0 Å². The molecule has 0 spiro atoms. The van der Waals surface area contributed by atoms with E-state index in [0.717, 1.165) is 25.7 Å². The lowest BCUT2D eigenvalue weighted by Crippen LogP contribution is -2.40. The highest BCUT2D eigenvalue weighted by Gasteiger charge is 2.30. The van der Waals surface area contributed by atoms with Crippen LogP contribution in [0.5, 0.6) is 0 Å². The molecule has 0 radical (unpaired) electrons. The molecule has 2 N–H and O–H groups in total. The maximum Gasteiger partial charge on any atom is 0.405 e. The van der Waals surface area contributed by atoms with Gasteiger partial charge in [0, 0.05) is 0 Å². The van der Waals surface area contributed by atoms with E-state index in [9.17, 15) is 4.79 Å². The molecule has 1 rings (SSSR count). The molecule has 1 amide bonds. The zero-order valence-corrected chi connectivity index (χ0v) is 6.53. The fraction of sp³-hybridized carbons (Fsp3) is 0.833. The minimum absolute atomic E-state index is 0.439. The minimum Gasteiger partial charge on any atom is -0.465 e. The maximum atomic E-state index is 10.2. The molecule has 10 heavy (non-hydrogen) atoms. The van der Waals surface area contributed by atoms with Crippen LogP contribution in [0, 0.1) is 0 Å². The van der Waals surface area contributed by atoms with E-state index in [0.29, 0.717) is 0 Å². The van der Waals surface area contributed by atoms with Crippen molar-refractivity contribution < 1.29 is 9.90 Å². The summed E-state index contributed by atoms with van der Waals surface area (Å²) in [5, 5.41) is 10.8. The molecular weight excluding hydrogens is 150 g/mol. The number of carboxylic acid groups (broad SMARTS) is 1. The molecule has 4 heteroatoms. The van der Waals surface area contributed by atoms with E-state index in [-0.39, 0.29) is 0 Å².